The van der Waals surface area contributed by atoms with Gasteiger partial charge in [0.2, 0.25) is 0 Å². The molecule has 0 amide bonds. The standard InChI is InChI=1S/C19H19F3N2O2/c1-4-10-24-18(13-9-8-12(25-2)11-16(13)26-3)14-6-5-7-15(17(14)23-24)19(20,21)22/h4-9,11,18,23H,1,10H2,2-3H3. The zero-order valence-corrected chi connectivity index (χ0v) is 14.4. The second-order valence-corrected chi connectivity index (χ2v) is 5.83. The van der Waals surface area contributed by atoms with E-state index in [-0.39, 0.29) is 5.69 Å². The molecule has 138 valence electrons. The number of para-hydroxylation sites is 1. The number of fused-ring (bicyclic) bond motifs is 1. The first kappa shape index (κ1) is 18.1. The fourth-order valence-electron chi connectivity index (χ4n) is 3.20. The third-order valence-corrected chi connectivity index (χ3v) is 4.32. The van der Waals surface area contributed by atoms with Crippen LogP contribution in [-0.2, 0) is 6.18 Å². The van der Waals surface area contributed by atoms with Gasteiger partial charge in [0.1, 0.15) is 11.5 Å². The number of halogens is 3. The molecule has 1 heterocycles. The van der Waals surface area contributed by atoms with Gasteiger partial charge in [0.15, 0.2) is 0 Å². The van der Waals surface area contributed by atoms with Crippen molar-refractivity contribution in [2.24, 2.45) is 0 Å². The van der Waals surface area contributed by atoms with Gasteiger partial charge in [-0.15, -0.1) is 6.58 Å². The number of hydrogen-bond donors (Lipinski definition) is 1. The molecule has 0 bridgehead atoms. The smallest absolute Gasteiger partial charge is 0.418 e. The minimum absolute atomic E-state index is 0.0599. The molecule has 0 spiro atoms. The highest BCUT2D eigenvalue weighted by atomic mass is 19.4. The van der Waals surface area contributed by atoms with Gasteiger partial charge in [0.25, 0.3) is 0 Å². The van der Waals surface area contributed by atoms with Gasteiger partial charge >= 0.3 is 6.18 Å². The molecule has 4 nitrogen and oxygen atoms in total. The predicted molar refractivity (Wildman–Crippen MR) is 93.4 cm³/mol. The number of anilines is 1. The van der Waals surface area contributed by atoms with Gasteiger partial charge in [-0.05, 0) is 18.2 Å². The maximum atomic E-state index is 13.4. The first-order chi connectivity index (χ1) is 12.4. The second-order valence-electron chi connectivity index (χ2n) is 5.83. The maximum absolute atomic E-state index is 13.4. The Labute approximate surface area is 149 Å². The minimum atomic E-state index is -4.45. The molecule has 1 N–H and O–H groups in total. The number of benzene rings is 2. The Kier molecular flexibility index (Phi) is 4.82. The molecule has 1 aliphatic rings. The van der Waals surface area contributed by atoms with Gasteiger partial charge in [-0.3, -0.25) is 0 Å². The van der Waals surface area contributed by atoms with Crippen LogP contribution in [0.15, 0.2) is 49.1 Å². The molecule has 7 heteroatoms. The van der Waals surface area contributed by atoms with E-state index in [2.05, 4.69) is 12.0 Å². The fraction of sp³-hybridized carbons (Fsp3) is 0.263. The predicted octanol–water partition coefficient (Wildman–Crippen LogP) is 4.64. The zero-order valence-electron chi connectivity index (χ0n) is 14.4. The van der Waals surface area contributed by atoms with Crippen LogP contribution in [0.5, 0.6) is 11.5 Å². The van der Waals surface area contributed by atoms with Crippen LogP contribution in [0, 0.1) is 0 Å². The molecule has 0 saturated heterocycles. The van der Waals surface area contributed by atoms with Gasteiger partial charge in [-0.2, -0.15) is 13.2 Å². The van der Waals surface area contributed by atoms with Crippen molar-refractivity contribution in [1.82, 2.24) is 5.01 Å². The monoisotopic (exact) mass is 364 g/mol. The molecule has 0 aliphatic carbocycles. The Balaban J connectivity index is 2.17. The molecular formula is C19H19F3N2O2. The third kappa shape index (κ3) is 3.10. The lowest BCUT2D eigenvalue weighted by atomic mass is 9.95. The van der Waals surface area contributed by atoms with E-state index in [1.165, 1.54) is 13.2 Å². The largest absolute Gasteiger partial charge is 0.497 e. The lowest BCUT2D eigenvalue weighted by Crippen LogP contribution is -2.29. The number of hydrazine groups is 1. The summed E-state index contributed by atoms with van der Waals surface area (Å²) in [5, 5.41) is 1.71. The van der Waals surface area contributed by atoms with Crippen molar-refractivity contribution in [3.8, 4) is 11.5 Å². The molecule has 0 radical (unpaired) electrons. The Morgan fingerprint density at radius 1 is 1.15 bits per heavy atom. The Bertz CT molecular complexity index is 821. The molecule has 1 atom stereocenters. The summed E-state index contributed by atoms with van der Waals surface area (Å²) in [4.78, 5) is 0. The summed E-state index contributed by atoms with van der Waals surface area (Å²) in [7, 11) is 3.06. The lowest BCUT2D eigenvalue weighted by molar-refractivity contribution is -0.137. The van der Waals surface area contributed by atoms with Crippen molar-refractivity contribution < 1.29 is 22.6 Å². The third-order valence-electron chi connectivity index (χ3n) is 4.32. The van der Waals surface area contributed by atoms with E-state index in [4.69, 9.17) is 9.47 Å². The van der Waals surface area contributed by atoms with E-state index < -0.39 is 17.8 Å². The van der Waals surface area contributed by atoms with E-state index in [0.29, 0.717) is 23.6 Å². The van der Waals surface area contributed by atoms with Gasteiger partial charge in [-0.1, -0.05) is 18.2 Å². The number of alkyl halides is 3. The van der Waals surface area contributed by atoms with E-state index >= 15 is 0 Å². The maximum Gasteiger partial charge on any atom is 0.418 e. The molecular weight excluding hydrogens is 345 g/mol. The second kappa shape index (κ2) is 6.92. The lowest BCUT2D eigenvalue weighted by Gasteiger charge is -2.25. The molecule has 1 aliphatic heterocycles. The number of nitrogens with zero attached hydrogens (tertiary/aromatic N) is 1. The van der Waals surface area contributed by atoms with E-state index in [1.807, 2.05) is 0 Å². The zero-order chi connectivity index (χ0) is 18.9. The molecule has 0 fully saturated rings. The number of rotatable bonds is 5. The van der Waals surface area contributed by atoms with Crippen molar-refractivity contribution in [2.75, 3.05) is 26.2 Å². The highest BCUT2D eigenvalue weighted by molar-refractivity contribution is 5.66. The van der Waals surface area contributed by atoms with Crippen molar-refractivity contribution in [2.45, 2.75) is 12.2 Å². The van der Waals surface area contributed by atoms with Crippen LogP contribution in [-0.4, -0.2) is 25.8 Å². The van der Waals surface area contributed by atoms with Crippen molar-refractivity contribution in [3.63, 3.8) is 0 Å². The van der Waals surface area contributed by atoms with Crippen LogP contribution in [0.3, 0.4) is 0 Å². The van der Waals surface area contributed by atoms with Crippen LogP contribution in [0.25, 0.3) is 0 Å². The summed E-state index contributed by atoms with van der Waals surface area (Å²) < 4.78 is 50.9. The molecule has 1 unspecified atom stereocenters. The Morgan fingerprint density at radius 3 is 2.54 bits per heavy atom. The SMILES string of the molecule is C=CCN1Nc2c(cccc2C(F)(F)F)C1c1ccc(OC)cc1OC. The van der Waals surface area contributed by atoms with E-state index in [1.54, 1.807) is 42.5 Å². The van der Waals surface area contributed by atoms with Crippen LogP contribution in [0.4, 0.5) is 18.9 Å². The number of methoxy groups -OCH3 is 2. The van der Waals surface area contributed by atoms with Crippen LogP contribution in [0.2, 0.25) is 0 Å². The van der Waals surface area contributed by atoms with E-state index in [9.17, 15) is 13.2 Å². The highest BCUT2D eigenvalue weighted by Crippen LogP contribution is 2.48. The Morgan fingerprint density at radius 2 is 1.92 bits per heavy atom. The van der Waals surface area contributed by atoms with Crippen molar-refractivity contribution in [1.29, 1.82) is 0 Å². The summed E-state index contributed by atoms with van der Waals surface area (Å²) in [6.45, 7) is 4.05. The van der Waals surface area contributed by atoms with Crippen molar-refractivity contribution in [3.05, 3.63) is 65.7 Å². The van der Waals surface area contributed by atoms with Gasteiger partial charge in [-0.25, -0.2) is 5.01 Å². The summed E-state index contributed by atoms with van der Waals surface area (Å²) in [6, 6.07) is 9.01. The molecule has 0 aromatic heterocycles. The topological polar surface area (TPSA) is 33.7 Å². The highest BCUT2D eigenvalue weighted by Gasteiger charge is 2.41. The van der Waals surface area contributed by atoms with Crippen molar-refractivity contribution >= 4 is 5.69 Å². The summed E-state index contributed by atoms with van der Waals surface area (Å²) >= 11 is 0. The van der Waals surface area contributed by atoms with Crippen LogP contribution >= 0.6 is 0 Å². The quantitative estimate of drug-likeness (QED) is 0.784. The number of ether oxygens (including phenoxy) is 2. The number of nitrogens with one attached hydrogen (secondary N) is 1. The average molecular weight is 364 g/mol. The first-order valence-corrected chi connectivity index (χ1v) is 7.97. The molecule has 2 aromatic carbocycles. The van der Waals surface area contributed by atoms with Crippen LogP contribution in [0.1, 0.15) is 22.7 Å². The molecule has 26 heavy (non-hydrogen) atoms. The summed E-state index contributed by atoms with van der Waals surface area (Å²) in [6.07, 6.45) is -2.81. The fourth-order valence-corrected chi connectivity index (χ4v) is 3.20. The average Bonchev–Trinajstić information content (AvgIpc) is 2.98. The van der Waals surface area contributed by atoms with Gasteiger partial charge < -0.3 is 14.9 Å². The number of hydrogen-bond acceptors (Lipinski definition) is 4. The summed E-state index contributed by atoms with van der Waals surface area (Å²) in [5.41, 5.74) is 3.53. The normalized spacial score (nSPS) is 16.7. The molecule has 2 aromatic rings. The van der Waals surface area contributed by atoms with Gasteiger partial charge in [0.05, 0.1) is 31.5 Å². The molecule has 0 saturated carbocycles. The Hall–Kier alpha value is -2.67. The summed E-state index contributed by atoms with van der Waals surface area (Å²) in [5.74, 6) is 1.14. The van der Waals surface area contributed by atoms with Crippen LogP contribution < -0.4 is 14.9 Å². The van der Waals surface area contributed by atoms with Gasteiger partial charge in [0, 0.05) is 23.7 Å². The minimum Gasteiger partial charge on any atom is -0.497 e. The molecule has 3 rings (SSSR count). The van der Waals surface area contributed by atoms with E-state index in [0.717, 1.165) is 11.6 Å². The first-order valence-electron chi connectivity index (χ1n) is 7.97.